The number of aromatic nitrogens is 1. The molecule has 1 aromatic carbocycles. The molecule has 1 saturated heterocycles. The SMILES string of the molecule is CC1CCN(S(=O)(=O)c2cccc(-c3csc(N/N=C/c4cccs4)n3)c2)CC1. The second-order valence-corrected chi connectivity index (χ2v) is 10.8. The molecule has 0 amide bonds. The standard InChI is InChI=1S/C20H22N4O2S3/c1-15-7-9-24(10-8-15)29(25,26)18-6-2-4-16(12-18)19-14-28-20(22-19)23-21-13-17-5-3-11-27-17/h2-6,11-15H,7-10H2,1H3,(H,22,23)/b21-13+. The third kappa shape index (κ3) is 4.75. The molecule has 152 valence electrons. The van der Waals surface area contributed by atoms with E-state index in [1.165, 1.54) is 11.3 Å². The Bertz CT molecular complexity index is 1080. The Labute approximate surface area is 179 Å². The Hall–Kier alpha value is -2.07. The van der Waals surface area contributed by atoms with Gasteiger partial charge in [-0.1, -0.05) is 25.1 Å². The van der Waals surface area contributed by atoms with Gasteiger partial charge in [0.2, 0.25) is 15.2 Å². The Balaban J connectivity index is 1.49. The molecule has 0 radical (unpaired) electrons. The molecule has 0 spiro atoms. The van der Waals surface area contributed by atoms with Crippen molar-refractivity contribution in [3.8, 4) is 11.3 Å². The molecule has 3 heterocycles. The first kappa shape index (κ1) is 20.2. The Morgan fingerprint density at radius 2 is 2.03 bits per heavy atom. The van der Waals surface area contributed by atoms with Gasteiger partial charge in [-0.15, -0.1) is 22.7 Å². The first-order chi connectivity index (χ1) is 14.0. The minimum Gasteiger partial charge on any atom is -0.253 e. The van der Waals surface area contributed by atoms with Crippen molar-refractivity contribution in [2.75, 3.05) is 18.5 Å². The molecule has 0 aliphatic carbocycles. The minimum atomic E-state index is -3.48. The van der Waals surface area contributed by atoms with Crippen LogP contribution in [0.3, 0.4) is 0 Å². The van der Waals surface area contributed by atoms with Gasteiger partial charge in [-0.3, -0.25) is 5.43 Å². The Kier molecular flexibility index (Phi) is 6.09. The molecule has 1 fully saturated rings. The van der Waals surface area contributed by atoms with Gasteiger partial charge in [-0.2, -0.15) is 9.41 Å². The molecule has 4 rings (SSSR count). The predicted octanol–water partition coefficient (Wildman–Crippen LogP) is 4.74. The number of anilines is 1. The second-order valence-electron chi connectivity index (χ2n) is 7.04. The van der Waals surface area contributed by atoms with E-state index in [1.54, 1.807) is 40.1 Å². The molecule has 1 aliphatic heterocycles. The van der Waals surface area contributed by atoms with Crippen molar-refractivity contribution in [2.45, 2.75) is 24.7 Å². The van der Waals surface area contributed by atoms with E-state index in [2.05, 4.69) is 22.4 Å². The molecule has 6 nitrogen and oxygen atoms in total. The summed E-state index contributed by atoms with van der Waals surface area (Å²) in [6, 6.07) is 11.0. The summed E-state index contributed by atoms with van der Waals surface area (Å²) in [7, 11) is -3.48. The lowest BCUT2D eigenvalue weighted by atomic mass is 10.0. The summed E-state index contributed by atoms with van der Waals surface area (Å²) < 4.78 is 27.6. The highest BCUT2D eigenvalue weighted by Crippen LogP contribution is 2.29. The molecule has 1 N–H and O–H groups in total. The third-order valence-electron chi connectivity index (χ3n) is 4.91. The number of sulfonamides is 1. The number of thiophene rings is 1. The lowest BCUT2D eigenvalue weighted by Crippen LogP contribution is -2.37. The maximum Gasteiger partial charge on any atom is 0.243 e. The van der Waals surface area contributed by atoms with E-state index in [9.17, 15) is 8.42 Å². The fraction of sp³-hybridized carbons (Fsp3) is 0.300. The molecule has 0 unspecified atom stereocenters. The first-order valence-corrected chi connectivity index (χ1v) is 12.6. The maximum atomic E-state index is 13.0. The van der Waals surface area contributed by atoms with Crippen LogP contribution >= 0.6 is 22.7 Å². The Morgan fingerprint density at radius 1 is 1.21 bits per heavy atom. The van der Waals surface area contributed by atoms with Gasteiger partial charge in [-0.25, -0.2) is 13.4 Å². The number of rotatable bonds is 6. The van der Waals surface area contributed by atoms with Gasteiger partial charge in [0, 0.05) is 28.9 Å². The van der Waals surface area contributed by atoms with Crippen molar-refractivity contribution >= 4 is 44.0 Å². The summed E-state index contributed by atoms with van der Waals surface area (Å²) in [5.74, 6) is 0.580. The van der Waals surface area contributed by atoms with E-state index in [1.807, 2.05) is 29.0 Å². The average Bonchev–Trinajstić information content (AvgIpc) is 3.41. The largest absolute Gasteiger partial charge is 0.253 e. The molecule has 3 aromatic rings. The van der Waals surface area contributed by atoms with Crippen LogP contribution in [0, 0.1) is 5.92 Å². The summed E-state index contributed by atoms with van der Waals surface area (Å²) >= 11 is 3.04. The van der Waals surface area contributed by atoms with Gasteiger partial charge in [0.25, 0.3) is 0 Å². The third-order valence-corrected chi connectivity index (χ3v) is 8.36. The number of hydrogen-bond acceptors (Lipinski definition) is 7. The molecule has 0 saturated carbocycles. The van der Waals surface area contributed by atoms with Crippen LogP contribution in [-0.2, 0) is 10.0 Å². The van der Waals surface area contributed by atoms with Crippen molar-refractivity contribution in [3.63, 3.8) is 0 Å². The highest BCUT2D eigenvalue weighted by Gasteiger charge is 2.28. The van der Waals surface area contributed by atoms with Gasteiger partial charge in [0.15, 0.2) is 0 Å². The fourth-order valence-corrected chi connectivity index (χ4v) is 5.93. The van der Waals surface area contributed by atoms with Gasteiger partial charge < -0.3 is 0 Å². The molecular weight excluding hydrogens is 424 g/mol. The number of benzene rings is 1. The lowest BCUT2D eigenvalue weighted by Gasteiger charge is -2.29. The quantitative estimate of drug-likeness (QED) is 0.438. The van der Waals surface area contributed by atoms with E-state index in [4.69, 9.17) is 0 Å². The van der Waals surface area contributed by atoms with Gasteiger partial charge in [0.05, 0.1) is 16.8 Å². The van der Waals surface area contributed by atoms with Crippen molar-refractivity contribution < 1.29 is 8.42 Å². The smallest absolute Gasteiger partial charge is 0.243 e. The van der Waals surface area contributed by atoms with Crippen molar-refractivity contribution in [3.05, 3.63) is 52.0 Å². The molecule has 1 aliphatic rings. The average molecular weight is 447 g/mol. The van der Waals surface area contributed by atoms with Crippen LogP contribution in [0.5, 0.6) is 0 Å². The monoisotopic (exact) mass is 446 g/mol. The highest BCUT2D eigenvalue weighted by molar-refractivity contribution is 7.89. The zero-order valence-corrected chi connectivity index (χ0v) is 18.4. The number of hydrogen-bond donors (Lipinski definition) is 1. The summed E-state index contributed by atoms with van der Waals surface area (Å²) in [4.78, 5) is 5.91. The lowest BCUT2D eigenvalue weighted by molar-refractivity contribution is 0.288. The number of thiazole rings is 1. The van der Waals surface area contributed by atoms with Crippen LogP contribution in [0.4, 0.5) is 5.13 Å². The molecule has 0 atom stereocenters. The van der Waals surface area contributed by atoms with Crippen molar-refractivity contribution in [1.29, 1.82) is 0 Å². The van der Waals surface area contributed by atoms with Crippen LogP contribution < -0.4 is 5.43 Å². The van der Waals surface area contributed by atoms with Crippen LogP contribution in [0.15, 0.2) is 57.2 Å². The normalized spacial score (nSPS) is 16.4. The first-order valence-electron chi connectivity index (χ1n) is 9.41. The molecule has 0 bridgehead atoms. The zero-order chi connectivity index (χ0) is 20.3. The van der Waals surface area contributed by atoms with E-state index in [0.717, 1.165) is 29.0 Å². The number of nitrogens with one attached hydrogen (secondary N) is 1. The summed E-state index contributed by atoms with van der Waals surface area (Å²) in [5.41, 5.74) is 4.44. The van der Waals surface area contributed by atoms with Crippen LogP contribution in [0.25, 0.3) is 11.3 Å². The second kappa shape index (κ2) is 8.74. The molecular formula is C20H22N4O2S3. The Morgan fingerprint density at radius 3 is 2.79 bits per heavy atom. The molecule has 2 aromatic heterocycles. The maximum absolute atomic E-state index is 13.0. The molecule has 29 heavy (non-hydrogen) atoms. The minimum absolute atomic E-state index is 0.322. The zero-order valence-electron chi connectivity index (χ0n) is 16.0. The van der Waals surface area contributed by atoms with Crippen molar-refractivity contribution in [1.82, 2.24) is 9.29 Å². The number of piperidine rings is 1. The van der Waals surface area contributed by atoms with Gasteiger partial charge in [-0.05, 0) is 42.3 Å². The van der Waals surface area contributed by atoms with E-state index in [-0.39, 0.29) is 0 Å². The summed E-state index contributed by atoms with van der Waals surface area (Å²) in [6.07, 6.45) is 3.57. The van der Waals surface area contributed by atoms with Gasteiger partial charge in [0.1, 0.15) is 0 Å². The summed E-state index contributed by atoms with van der Waals surface area (Å²) in [5, 5.41) is 8.75. The van der Waals surface area contributed by atoms with Crippen LogP contribution in [0.2, 0.25) is 0 Å². The van der Waals surface area contributed by atoms with Gasteiger partial charge >= 0.3 is 0 Å². The number of hydrazone groups is 1. The van der Waals surface area contributed by atoms with Crippen LogP contribution in [0.1, 0.15) is 24.6 Å². The molecule has 9 heteroatoms. The fourth-order valence-electron chi connectivity index (χ4n) is 3.16. The van der Waals surface area contributed by atoms with E-state index in [0.29, 0.717) is 29.0 Å². The topological polar surface area (TPSA) is 74.7 Å². The number of nitrogens with zero attached hydrogens (tertiary/aromatic N) is 3. The van der Waals surface area contributed by atoms with E-state index >= 15 is 0 Å². The predicted molar refractivity (Wildman–Crippen MR) is 120 cm³/mol. The van der Waals surface area contributed by atoms with E-state index < -0.39 is 10.0 Å². The van der Waals surface area contributed by atoms with Crippen LogP contribution in [-0.4, -0.2) is 37.0 Å². The summed E-state index contributed by atoms with van der Waals surface area (Å²) in [6.45, 7) is 3.34. The highest BCUT2D eigenvalue weighted by atomic mass is 32.2. The van der Waals surface area contributed by atoms with Crippen molar-refractivity contribution in [2.24, 2.45) is 11.0 Å².